The lowest BCUT2D eigenvalue weighted by Crippen LogP contribution is -1.98. The summed E-state index contributed by atoms with van der Waals surface area (Å²) in [5.74, 6) is 1.43. The van der Waals surface area contributed by atoms with Crippen molar-refractivity contribution in [3.05, 3.63) is 41.0 Å². The number of nitrogen functional groups attached to an aromatic ring is 1. The molecule has 1 aromatic heterocycles. The van der Waals surface area contributed by atoms with Gasteiger partial charge in [-0.3, -0.25) is 0 Å². The number of pyridine rings is 1. The Kier molecular flexibility index (Phi) is 3.49. The highest BCUT2D eigenvalue weighted by Gasteiger charge is 2.03. The van der Waals surface area contributed by atoms with E-state index in [9.17, 15) is 0 Å². The minimum absolute atomic E-state index is 0.611. The van der Waals surface area contributed by atoms with Crippen molar-refractivity contribution >= 4 is 33.1 Å². The zero-order valence-corrected chi connectivity index (χ0v) is 10.9. The van der Waals surface area contributed by atoms with Gasteiger partial charge in [0, 0.05) is 11.9 Å². The number of nitrogens with zero attached hydrogens (tertiary/aromatic N) is 1. The van der Waals surface area contributed by atoms with Gasteiger partial charge >= 0.3 is 0 Å². The minimum atomic E-state index is 0.611. The molecule has 1 heterocycles. The summed E-state index contributed by atoms with van der Waals surface area (Å²) in [5, 5.41) is 3.14. The number of rotatable bonds is 3. The van der Waals surface area contributed by atoms with Gasteiger partial charge in [0.2, 0.25) is 0 Å². The van der Waals surface area contributed by atoms with Crippen LogP contribution < -0.4 is 15.8 Å². The predicted octanol–water partition coefficient (Wildman–Crippen LogP) is 3.18. The molecule has 0 bridgehead atoms. The quantitative estimate of drug-likeness (QED) is 0.912. The van der Waals surface area contributed by atoms with Crippen molar-refractivity contribution in [1.82, 2.24) is 4.98 Å². The second-order valence-corrected chi connectivity index (χ2v) is 4.27. The molecule has 88 valence electrons. The maximum absolute atomic E-state index is 5.80. The average molecular weight is 294 g/mol. The smallest absolute Gasteiger partial charge is 0.153 e. The van der Waals surface area contributed by atoms with Gasteiger partial charge < -0.3 is 15.8 Å². The molecule has 1 aromatic carbocycles. The normalized spacial score (nSPS) is 10.0. The number of benzene rings is 1. The summed E-state index contributed by atoms with van der Waals surface area (Å²) >= 11 is 3.42. The van der Waals surface area contributed by atoms with E-state index >= 15 is 0 Å². The van der Waals surface area contributed by atoms with Crippen molar-refractivity contribution in [2.24, 2.45) is 0 Å². The Morgan fingerprint density at radius 3 is 2.82 bits per heavy atom. The lowest BCUT2D eigenvalue weighted by molar-refractivity contribution is 0.412. The van der Waals surface area contributed by atoms with Crippen molar-refractivity contribution in [3.63, 3.8) is 0 Å². The van der Waals surface area contributed by atoms with Crippen molar-refractivity contribution in [2.45, 2.75) is 0 Å². The molecule has 0 saturated carbocycles. The Morgan fingerprint density at radius 1 is 1.35 bits per heavy atom. The molecule has 0 radical (unpaired) electrons. The van der Waals surface area contributed by atoms with Gasteiger partial charge in [0.05, 0.1) is 17.3 Å². The van der Waals surface area contributed by atoms with Crippen molar-refractivity contribution in [3.8, 4) is 5.75 Å². The van der Waals surface area contributed by atoms with Crippen LogP contribution in [0.15, 0.2) is 41.0 Å². The topological polar surface area (TPSA) is 60.2 Å². The Hall–Kier alpha value is -1.75. The molecule has 2 rings (SSSR count). The SMILES string of the molecule is COc1ccc(Nc2ncccc2N)cc1Br. The zero-order valence-electron chi connectivity index (χ0n) is 9.27. The van der Waals surface area contributed by atoms with Crippen molar-refractivity contribution in [2.75, 3.05) is 18.2 Å². The third kappa shape index (κ3) is 2.68. The first kappa shape index (κ1) is 11.7. The Bertz CT molecular complexity index is 531. The molecule has 5 heteroatoms. The maximum Gasteiger partial charge on any atom is 0.153 e. The molecule has 3 N–H and O–H groups in total. The lowest BCUT2D eigenvalue weighted by Gasteiger charge is -2.09. The molecule has 0 unspecified atom stereocenters. The fourth-order valence-corrected chi connectivity index (χ4v) is 1.94. The van der Waals surface area contributed by atoms with E-state index in [2.05, 4.69) is 26.2 Å². The van der Waals surface area contributed by atoms with Crippen LogP contribution in [0, 0.1) is 0 Å². The number of hydrogen-bond donors (Lipinski definition) is 2. The number of methoxy groups -OCH3 is 1. The van der Waals surface area contributed by atoms with Crippen LogP contribution in [0.3, 0.4) is 0 Å². The molecule has 0 aliphatic heterocycles. The first-order valence-corrected chi connectivity index (χ1v) is 5.81. The largest absolute Gasteiger partial charge is 0.496 e. The first-order chi connectivity index (χ1) is 8.20. The molecule has 2 aromatic rings. The summed E-state index contributed by atoms with van der Waals surface area (Å²) in [6.45, 7) is 0. The van der Waals surface area contributed by atoms with Crippen LogP contribution in [-0.2, 0) is 0 Å². The van der Waals surface area contributed by atoms with Crippen molar-refractivity contribution in [1.29, 1.82) is 0 Å². The third-order valence-electron chi connectivity index (χ3n) is 2.25. The van der Waals surface area contributed by atoms with Gasteiger partial charge in [-0.1, -0.05) is 0 Å². The number of nitrogens with two attached hydrogens (primary N) is 1. The van der Waals surface area contributed by atoms with Gasteiger partial charge in [0.1, 0.15) is 5.75 Å². The summed E-state index contributed by atoms with van der Waals surface area (Å²) in [6, 6.07) is 9.27. The highest BCUT2D eigenvalue weighted by atomic mass is 79.9. The molecule has 4 nitrogen and oxygen atoms in total. The monoisotopic (exact) mass is 293 g/mol. The summed E-state index contributed by atoms with van der Waals surface area (Å²) in [4.78, 5) is 4.16. The number of anilines is 3. The number of halogens is 1. The van der Waals surface area contributed by atoms with Crippen LogP contribution in [0.4, 0.5) is 17.2 Å². The number of aromatic nitrogens is 1. The first-order valence-electron chi connectivity index (χ1n) is 5.02. The maximum atomic E-state index is 5.80. The van der Waals surface area contributed by atoms with E-state index in [1.807, 2.05) is 18.2 Å². The Morgan fingerprint density at radius 2 is 2.18 bits per heavy atom. The second-order valence-electron chi connectivity index (χ2n) is 3.42. The Balaban J connectivity index is 2.25. The zero-order chi connectivity index (χ0) is 12.3. The molecule has 0 atom stereocenters. The number of nitrogens with one attached hydrogen (secondary N) is 1. The van der Waals surface area contributed by atoms with E-state index < -0.39 is 0 Å². The molecule has 0 spiro atoms. The summed E-state index contributed by atoms with van der Waals surface area (Å²) in [5.41, 5.74) is 7.30. The van der Waals surface area contributed by atoms with Gasteiger partial charge in [-0.2, -0.15) is 0 Å². The van der Waals surface area contributed by atoms with Crippen LogP contribution in [0.1, 0.15) is 0 Å². The molecule has 17 heavy (non-hydrogen) atoms. The van der Waals surface area contributed by atoms with E-state index in [-0.39, 0.29) is 0 Å². The van der Waals surface area contributed by atoms with Crippen LogP contribution in [0.2, 0.25) is 0 Å². The van der Waals surface area contributed by atoms with E-state index in [1.54, 1.807) is 25.4 Å². The lowest BCUT2D eigenvalue weighted by atomic mass is 10.3. The average Bonchev–Trinajstić information content (AvgIpc) is 2.32. The predicted molar refractivity (Wildman–Crippen MR) is 72.6 cm³/mol. The number of hydrogen-bond acceptors (Lipinski definition) is 4. The molecule has 0 aliphatic carbocycles. The van der Waals surface area contributed by atoms with Crippen LogP contribution in [0.5, 0.6) is 5.75 Å². The van der Waals surface area contributed by atoms with Crippen LogP contribution in [-0.4, -0.2) is 12.1 Å². The number of ether oxygens (including phenoxy) is 1. The summed E-state index contributed by atoms with van der Waals surface area (Å²) in [6.07, 6.45) is 1.69. The van der Waals surface area contributed by atoms with E-state index in [0.717, 1.165) is 15.9 Å². The molecular weight excluding hydrogens is 282 g/mol. The highest BCUT2D eigenvalue weighted by Crippen LogP contribution is 2.29. The van der Waals surface area contributed by atoms with E-state index in [1.165, 1.54) is 0 Å². The molecule has 0 aliphatic rings. The highest BCUT2D eigenvalue weighted by molar-refractivity contribution is 9.10. The summed E-state index contributed by atoms with van der Waals surface area (Å²) < 4.78 is 6.03. The second kappa shape index (κ2) is 5.05. The molecule has 0 saturated heterocycles. The Labute approximate surface area is 108 Å². The van der Waals surface area contributed by atoms with Gasteiger partial charge in [-0.15, -0.1) is 0 Å². The van der Waals surface area contributed by atoms with Gasteiger partial charge in [-0.25, -0.2) is 4.98 Å². The van der Waals surface area contributed by atoms with E-state index in [4.69, 9.17) is 10.5 Å². The molecule has 0 amide bonds. The summed E-state index contributed by atoms with van der Waals surface area (Å²) in [7, 11) is 1.63. The molecular formula is C12H12BrN3O. The van der Waals surface area contributed by atoms with Gasteiger partial charge in [0.25, 0.3) is 0 Å². The minimum Gasteiger partial charge on any atom is -0.496 e. The van der Waals surface area contributed by atoms with Crippen LogP contribution >= 0.6 is 15.9 Å². The molecule has 0 fully saturated rings. The van der Waals surface area contributed by atoms with Crippen LogP contribution in [0.25, 0.3) is 0 Å². The van der Waals surface area contributed by atoms with Crippen molar-refractivity contribution < 1.29 is 4.74 Å². The van der Waals surface area contributed by atoms with E-state index in [0.29, 0.717) is 11.5 Å². The third-order valence-corrected chi connectivity index (χ3v) is 2.87. The van der Waals surface area contributed by atoms with Gasteiger partial charge in [0.15, 0.2) is 5.82 Å². The standard InChI is InChI=1S/C12H12BrN3O/c1-17-11-5-4-8(7-9(11)13)16-12-10(14)3-2-6-15-12/h2-7H,14H2,1H3,(H,15,16). The fourth-order valence-electron chi connectivity index (χ4n) is 1.40. The fraction of sp³-hybridized carbons (Fsp3) is 0.0833. The van der Waals surface area contributed by atoms with Gasteiger partial charge in [-0.05, 0) is 46.3 Å².